The lowest BCUT2D eigenvalue weighted by Crippen LogP contribution is -2.64. The predicted molar refractivity (Wildman–Crippen MR) is 91.5 cm³/mol. The molecule has 23 heavy (non-hydrogen) atoms. The summed E-state index contributed by atoms with van der Waals surface area (Å²) in [6.07, 6.45) is 7.87. The fourth-order valence-corrected chi connectivity index (χ4v) is 3.61. The number of urea groups is 1. The van der Waals surface area contributed by atoms with Gasteiger partial charge in [-0.1, -0.05) is 19.8 Å². The van der Waals surface area contributed by atoms with Crippen LogP contribution in [0.4, 0.5) is 10.6 Å². The zero-order valence-corrected chi connectivity index (χ0v) is 14.4. The molecule has 1 atom stereocenters. The first kappa shape index (κ1) is 16.3. The van der Waals surface area contributed by atoms with Crippen LogP contribution in [0.25, 0.3) is 0 Å². The molecule has 2 aliphatic rings. The molecule has 1 aromatic heterocycles. The van der Waals surface area contributed by atoms with Gasteiger partial charge in [0, 0.05) is 37.8 Å². The van der Waals surface area contributed by atoms with Gasteiger partial charge in [-0.05, 0) is 32.7 Å². The van der Waals surface area contributed by atoms with Gasteiger partial charge >= 0.3 is 6.03 Å². The zero-order valence-electron chi connectivity index (χ0n) is 14.4. The summed E-state index contributed by atoms with van der Waals surface area (Å²) in [5.41, 5.74) is 0. The Morgan fingerprint density at radius 1 is 1.39 bits per heavy atom. The van der Waals surface area contributed by atoms with Crippen molar-refractivity contribution in [2.75, 3.05) is 25.0 Å². The number of unbranched alkanes of at least 4 members (excludes halogenated alkanes) is 1. The fourth-order valence-electron chi connectivity index (χ4n) is 3.61. The van der Waals surface area contributed by atoms with Gasteiger partial charge in [0.05, 0.1) is 6.20 Å². The van der Waals surface area contributed by atoms with Crippen molar-refractivity contribution >= 4 is 11.8 Å². The molecule has 0 aromatic carbocycles. The van der Waals surface area contributed by atoms with Gasteiger partial charge in [0.25, 0.3) is 0 Å². The zero-order chi connectivity index (χ0) is 16.2. The molecule has 6 heteroatoms. The third-order valence-electron chi connectivity index (χ3n) is 5.15. The number of aromatic nitrogens is 2. The number of hydrogen-bond donors (Lipinski definition) is 1. The minimum atomic E-state index is 0.00385. The number of rotatable bonds is 5. The maximum atomic E-state index is 12.4. The lowest BCUT2D eigenvalue weighted by Gasteiger charge is -2.49. The average molecular weight is 319 g/mol. The Morgan fingerprint density at radius 3 is 2.96 bits per heavy atom. The molecule has 2 aliphatic heterocycles. The summed E-state index contributed by atoms with van der Waals surface area (Å²) in [6, 6.07) is 3.08. The molecule has 2 fully saturated rings. The number of nitrogens with one attached hydrogen (secondary N) is 1. The Morgan fingerprint density at radius 2 is 2.22 bits per heavy atom. The van der Waals surface area contributed by atoms with Crippen LogP contribution in [0, 0.1) is 0 Å². The summed E-state index contributed by atoms with van der Waals surface area (Å²) in [4.78, 5) is 16.9. The number of aryl methyl sites for hydroxylation is 1. The van der Waals surface area contributed by atoms with Gasteiger partial charge in [-0.15, -0.1) is 0 Å². The van der Waals surface area contributed by atoms with E-state index in [4.69, 9.17) is 0 Å². The molecule has 1 aromatic rings. The summed E-state index contributed by atoms with van der Waals surface area (Å²) < 4.78 is 1.88. The van der Waals surface area contributed by atoms with E-state index in [0.717, 1.165) is 38.3 Å². The molecule has 0 aliphatic carbocycles. The number of nitrogens with zero attached hydrogens (tertiary/aromatic N) is 4. The molecule has 3 heterocycles. The third-order valence-corrected chi connectivity index (χ3v) is 5.15. The largest absolute Gasteiger partial charge is 0.323 e. The van der Waals surface area contributed by atoms with Crippen LogP contribution in [-0.4, -0.2) is 57.3 Å². The van der Waals surface area contributed by atoms with Crippen LogP contribution in [0.2, 0.25) is 0 Å². The molecular formula is C17H29N5O. The first-order valence-corrected chi connectivity index (χ1v) is 9.02. The second-order valence-corrected chi connectivity index (χ2v) is 6.86. The van der Waals surface area contributed by atoms with Crippen molar-refractivity contribution < 1.29 is 4.79 Å². The number of carbonyl (C=O) groups excluding carboxylic acids is 1. The van der Waals surface area contributed by atoms with Gasteiger partial charge < -0.3 is 4.90 Å². The van der Waals surface area contributed by atoms with Crippen molar-refractivity contribution in [2.45, 2.75) is 64.6 Å². The molecule has 3 rings (SSSR count). The minimum Gasteiger partial charge on any atom is -0.321 e. The summed E-state index contributed by atoms with van der Waals surface area (Å²) in [7, 11) is 0. The van der Waals surface area contributed by atoms with Crippen LogP contribution in [0.3, 0.4) is 0 Å². The number of piperidine rings is 1. The molecule has 6 nitrogen and oxygen atoms in total. The Hall–Kier alpha value is -1.56. The lowest BCUT2D eigenvalue weighted by atomic mass is 9.98. The van der Waals surface area contributed by atoms with Gasteiger partial charge in [-0.3, -0.25) is 10.2 Å². The summed E-state index contributed by atoms with van der Waals surface area (Å²) in [6.45, 7) is 8.20. The van der Waals surface area contributed by atoms with E-state index < -0.39 is 0 Å². The van der Waals surface area contributed by atoms with E-state index >= 15 is 0 Å². The highest BCUT2D eigenvalue weighted by molar-refractivity contribution is 5.89. The van der Waals surface area contributed by atoms with Crippen molar-refractivity contribution in [3.8, 4) is 0 Å². The van der Waals surface area contributed by atoms with Gasteiger partial charge in [0.2, 0.25) is 0 Å². The Balaban J connectivity index is 1.48. The van der Waals surface area contributed by atoms with Crippen LogP contribution in [0.15, 0.2) is 12.3 Å². The number of likely N-dealkylation sites (tertiary alicyclic amines) is 2. The van der Waals surface area contributed by atoms with Crippen LogP contribution in [-0.2, 0) is 6.54 Å². The van der Waals surface area contributed by atoms with E-state index in [9.17, 15) is 4.79 Å². The van der Waals surface area contributed by atoms with E-state index in [1.54, 1.807) is 6.20 Å². The van der Waals surface area contributed by atoms with E-state index in [-0.39, 0.29) is 6.03 Å². The predicted octanol–water partition coefficient (Wildman–Crippen LogP) is 2.77. The van der Waals surface area contributed by atoms with Gasteiger partial charge in [0.15, 0.2) is 0 Å². The number of amides is 2. The first-order valence-electron chi connectivity index (χ1n) is 9.02. The standard InChI is InChI=1S/C17H29N5O/c1-3-4-11-22-16(8-9-18-22)19-17(23)20-12-15(13-20)21-10-6-5-7-14(21)2/h8-9,14-15H,3-7,10-13H2,1-2H3,(H,19,23)/t14-/m0/s1. The molecule has 128 valence electrons. The molecule has 0 unspecified atom stereocenters. The van der Waals surface area contributed by atoms with Crippen LogP contribution in [0.5, 0.6) is 0 Å². The minimum absolute atomic E-state index is 0.00385. The Kier molecular flexibility index (Phi) is 5.20. The van der Waals surface area contributed by atoms with Crippen LogP contribution < -0.4 is 5.32 Å². The second-order valence-electron chi connectivity index (χ2n) is 6.86. The van der Waals surface area contributed by atoms with Gasteiger partial charge in [-0.2, -0.15) is 5.10 Å². The number of carbonyl (C=O) groups is 1. The van der Waals surface area contributed by atoms with E-state index in [1.165, 1.54) is 25.8 Å². The van der Waals surface area contributed by atoms with E-state index in [1.807, 2.05) is 15.6 Å². The van der Waals surface area contributed by atoms with Crippen molar-refractivity contribution in [2.24, 2.45) is 0 Å². The van der Waals surface area contributed by atoms with Crippen molar-refractivity contribution in [1.82, 2.24) is 19.6 Å². The van der Waals surface area contributed by atoms with Crippen molar-refractivity contribution in [1.29, 1.82) is 0 Å². The highest BCUT2D eigenvalue weighted by Gasteiger charge is 2.37. The second kappa shape index (κ2) is 7.34. The summed E-state index contributed by atoms with van der Waals surface area (Å²) >= 11 is 0. The molecule has 0 bridgehead atoms. The highest BCUT2D eigenvalue weighted by atomic mass is 16.2. The van der Waals surface area contributed by atoms with Crippen molar-refractivity contribution in [3.63, 3.8) is 0 Å². The topological polar surface area (TPSA) is 53.4 Å². The maximum absolute atomic E-state index is 12.4. The molecule has 1 N–H and O–H groups in total. The molecule has 2 amide bonds. The molecule has 0 spiro atoms. The quantitative estimate of drug-likeness (QED) is 0.908. The summed E-state index contributed by atoms with van der Waals surface area (Å²) in [5.74, 6) is 0.804. The Bertz CT molecular complexity index is 523. The molecule has 2 saturated heterocycles. The number of anilines is 1. The third kappa shape index (κ3) is 3.68. The lowest BCUT2D eigenvalue weighted by molar-refractivity contribution is 0.0199. The molecule has 0 radical (unpaired) electrons. The average Bonchev–Trinajstić information content (AvgIpc) is 2.92. The van der Waals surface area contributed by atoms with E-state index in [0.29, 0.717) is 12.1 Å². The smallest absolute Gasteiger partial charge is 0.321 e. The maximum Gasteiger partial charge on any atom is 0.323 e. The SMILES string of the molecule is CCCCn1nccc1NC(=O)N1CC(N2CCCC[C@@H]2C)C1. The fraction of sp³-hybridized carbons (Fsp3) is 0.765. The van der Waals surface area contributed by atoms with E-state index in [2.05, 4.69) is 29.2 Å². The Labute approximate surface area is 138 Å². The molecular weight excluding hydrogens is 290 g/mol. The number of hydrogen-bond acceptors (Lipinski definition) is 3. The van der Waals surface area contributed by atoms with Crippen LogP contribution in [0.1, 0.15) is 46.0 Å². The van der Waals surface area contributed by atoms with Gasteiger partial charge in [-0.25, -0.2) is 9.48 Å². The van der Waals surface area contributed by atoms with Crippen LogP contribution >= 0.6 is 0 Å². The first-order chi connectivity index (χ1) is 11.2. The highest BCUT2D eigenvalue weighted by Crippen LogP contribution is 2.24. The van der Waals surface area contributed by atoms with Gasteiger partial charge in [0.1, 0.15) is 5.82 Å². The van der Waals surface area contributed by atoms with Crippen molar-refractivity contribution in [3.05, 3.63) is 12.3 Å². The normalized spacial score (nSPS) is 22.9. The monoisotopic (exact) mass is 319 g/mol. The molecule has 0 saturated carbocycles. The summed E-state index contributed by atoms with van der Waals surface area (Å²) in [5, 5.41) is 7.29.